The predicted molar refractivity (Wildman–Crippen MR) is 124 cm³/mol. The molecule has 0 heterocycles. The molecule has 0 saturated heterocycles. The minimum atomic E-state index is -1.88. The third kappa shape index (κ3) is 5.56. The summed E-state index contributed by atoms with van der Waals surface area (Å²) in [6.07, 6.45) is 0. The fraction of sp³-hybridized carbons (Fsp3) is 0.308. The van der Waals surface area contributed by atoms with Gasteiger partial charge in [0.25, 0.3) is 0 Å². The monoisotopic (exact) mass is 427 g/mol. The predicted octanol–water partition coefficient (Wildman–Crippen LogP) is 7.05. The summed E-state index contributed by atoms with van der Waals surface area (Å²) < 4.78 is 4.02. The van der Waals surface area contributed by atoms with E-state index in [-0.39, 0.29) is 10.8 Å². The van der Waals surface area contributed by atoms with Crippen molar-refractivity contribution in [1.29, 1.82) is 0 Å². The number of hydrogen-bond donors (Lipinski definition) is 1. The summed E-state index contributed by atoms with van der Waals surface area (Å²) in [5.41, 5.74) is 4.53. The molecule has 3 rings (SSSR count). The van der Waals surface area contributed by atoms with Crippen molar-refractivity contribution in [2.24, 2.45) is 0 Å². The van der Waals surface area contributed by atoms with Gasteiger partial charge in [-0.3, -0.25) is 0 Å². The maximum absolute atomic E-state index is 4.02. The van der Waals surface area contributed by atoms with Gasteiger partial charge in [0.05, 0.1) is 0 Å². The molecular formula is C26H32GaN. The summed E-state index contributed by atoms with van der Waals surface area (Å²) in [5, 5.41) is 0. The third-order valence-corrected chi connectivity index (χ3v) is 13.7. The summed E-state index contributed by atoms with van der Waals surface area (Å²) in [6.45, 7) is 9.62. The van der Waals surface area contributed by atoms with Crippen molar-refractivity contribution in [1.82, 2.24) is 0 Å². The van der Waals surface area contributed by atoms with Gasteiger partial charge in [0.1, 0.15) is 0 Å². The molecule has 0 saturated carbocycles. The Bertz CT molecular complexity index is 788. The molecule has 0 radical (unpaired) electrons. The SMILES string of the molecule is CC(C)([CH2][Ga]([CH2]C(C)(C)c1ccccc1)[NH]c1ccccc1)c1ccccc1. The van der Waals surface area contributed by atoms with Crippen LogP contribution in [0.4, 0.5) is 5.69 Å². The number of benzene rings is 3. The third-order valence-electron chi connectivity index (χ3n) is 5.77. The van der Waals surface area contributed by atoms with Crippen LogP contribution in [0.15, 0.2) is 91.0 Å². The average molecular weight is 428 g/mol. The zero-order chi connectivity index (χ0) is 20.0. The Morgan fingerprint density at radius 1 is 0.571 bits per heavy atom. The molecule has 28 heavy (non-hydrogen) atoms. The Kier molecular flexibility index (Phi) is 6.74. The molecule has 0 bridgehead atoms. The molecule has 3 aromatic rings. The molecule has 0 atom stereocenters. The molecule has 144 valence electrons. The zero-order valence-corrected chi connectivity index (χ0v) is 20.1. The van der Waals surface area contributed by atoms with Crippen molar-refractivity contribution in [3.8, 4) is 0 Å². The number of nitrogens with one attached hydrogen (secondary N) is 1. The van der Waals surface area contributed by atoms with Crippen LogP contribution in [0.2, 0.25) is 9.95 Å². The van der Waals surface area contributed by atoms with E-state index in [2.05, 4.69) is 123 Å². The van der Waals surface area contributed by atoms with Gasteiger partial charge in [0.15, 0.2) is 0 Å². The van der Waals surface area contributed by atoms with Crippen LogP contribution in [0.5, 0.6) is 0 Å². The van der Waals surface area contributed by atoms with Gasteiger partial charge in [-0.15, -0.1) is 0 Å². The van der Waals surface area contributed by atoms with Gasteiger partial charge in [-0.05, 0) is 0 Å². The van der Waals surface area contributed by atoms with Crippen LogP contribution in [0.3, 0.4) is 0 Å². The van der Waals surface area contributed by atoms with Gasteiger partial charge in [0, 0.05) is 0 Å². The minimum absolute atomic E-state index is 0.181. The van der Waals surface area contributed by atoms with E-state index in [1.807, 2.05) is 0 Å². The van der Waals surface area contributed by atoms with Crippen LogP contribution in [0, 0.1) is 0 Å². The molecule has 1 N–H and O–H groups in total. The van der Waals surface area contributed by atoms with E-state index in [4.69, 9.17) is 0 Å². The molecule has 0 unspecified atom stereocenters. The van der Waals surface area contributed by atoms with E-state index in [9.17, 15) is 0 Å². The number of para-hydroxylation sites is 1. The van der Waals surface area contributed by atoms with Crippen LogP contribution in [-0.2, 0) is 10.8 Å². The molecule has 2 heteroatoms. The van der Waals surface area contributed by atoms with Crippen molar-refractivity contribution in [3.63, 3.8) is 0 Å². The van der Waals surface area contributed by atoms with Crippen molar-refractivity contribution < 1.29 is 0 Å². The zero-order valence-electron chi connectivity index (χ0n) is 17.7. The normalized spacial score (nSPS) is 11.9. The first-order chi connectivity index (χ1) is 13.4. The van der Waals surface area contributed by atoms with Crippen LogP contribution >= 0.6 is 0 Å². The second-order valence-electron chi connectivity index (χ2n) is 9.12. The Morgan fingerprint density at radius 3 is 1.32 bits per heavy atom. The van der Waals surface area contributed by atoms with Gasteiger partial charge < -0.3 is 0 Å². The van der Waals surface area contributed by atoms with Crippen LogP contribution < -0.4 is 4.02 Å². The molecule has 0 aliphatic rings. The van der Waals surface area contributed by atoms with Crippen molar-refractivity contribution in [3.05, 3.63) is 102 Å². The molecule has 0 aliphatic heterocycles. The number of rotatable bonds is 8. The Balaban J connectivity index is 1.85. The molecule has 1 nitrogen and oxygen atoms in total. The fourth-order valence-electron chi connectivity index (χ4n) is 4.19. The van der Waals surface area contributed by atoms with E-state index in [0.717, 1.165) is 0 Å². The van der Waals surface area contributed by atoms with Gasteiger partial charge in [-0.25, -0.2) is 0 Å². The van der Waals surface area contributed by atoms with Crippen molar-refractivity contribution >= 4 is 22.1 Å². The Hall–Kier alpha value is -1.90. The average Bonchev–Trinajstić information content (AvgIpc) is 2.69. The number of anilines is 1. The van der Waals surface area contributed by atoms with Gasteiger partial charge in [-0.2, -0.15) is 0 Å². The van der Waals surface area contributed by atoms with E-state index >= 15 is 0 Å². The molecule has 0 fully saturated rings. The summed E-state index contributed by atoms with van der Waals surface area (Å²) in [4.78, 5) is 2.52. The fourth-order valence-corrected chi connectivity index (χ4v) is 12.5. The van der Waals surface area contributed by atoms with Crippen molar-refractivity contribution in [2.75, 3.05) is 4.02 Å². The maximum atomic E-state index is 4.02. The molecular weight excluding hydrogens is 396 g/mol. The second kappa shape index (κ2) is 9.06. The Labute approximate surface area is 176 Å². The van der Waals surface area contributed by atoms with Gasteiger partial charge >= 0.3 is 177 Å². The second-order valence-corrected chi connectivity index (χ2v) is 14.4. The number of hydrogen-bond acceptors (Lipinski definition) is 1. The van der Waals surface area contributed by atoms with E-state index in [1.54, 1.807) is 0 Å². The first-order valence-electron chi connectivity index (χ1n) is 10.3. The summed E-state index contributed by atoms with van der Waals surface area (Å²) in [6, 6.07) is 32.8. The van der Waals surface area contributed by atoms with Gasteiger partial charge in [0.2, 0.25) is 0 Å². The van der Waals surface area contributed by atoms with Crippen LogP contribution in [0.1, 0.15) is 38.8 Å². The topological polar surface area (TPSA) is 12.0 Å². The standard InChI is InChI=1S/2C10H13.C6H6N.Ga/c2*1-10(2,3)9-7-5-4-6-8-9;7-6-4-2-1-3-5-6;/h2*4-8H,1H2,2-3H3;1-5,7H;/q;;-1;+1. The molecule has 3 aromatic carbocycles. The van der Waals surface area contributed by atoms with E-state index in [1.165, 1.54) is 26.8 Å². The van der Waals surface area contributed by atoms with Crippen LogP contribution in [0.25, 0.3) is 0 Å². The summed E-state index contributed by atoms with van der Waals surface area (Å²) in [7, 11) is 0. The van der Waals surface area contributed by atoms with E-state index < -0.39 is 16.5 Å². The summed E-state index contributed by atoms with van der Waals surface area (Å²) in [5.74, 6) is 0. The molecule has 0 aromatic heterocycles. The van der Waals surface area contributed by atoms with E-state index in [0.29, 0.717) is 0 Å². The first-order valence-corrected chi connectivity index (χ1v) is 14.9. The molecule has 0 amide bonds. The van der Waals surface area contributed by atoms with Crippen molar-refractivity contribution in [2.45, 2.75) is 48.5 Å². The molecule has 0 spiro atoms. The first kappa shape index (κ1) is 20.8. The van der Waals surface area contributed by atoms with Crippen LogP contribution in [-0.4, -0.2) is 16.5 Å². The van der Waals surface area contributed by atoms with Gasteiger partial charge in [-0.1, -0.05) is 0 Å². The molecule has 0 aliphatic carbocycles. The Morgan fingerprint density at radius 2 is 0.929 bits per heavy atom. The quantitative estimate of drug-likeness (QED) is 0.379. The summed E-state index contributed by atoms with van der Waals surface area (Å²) >= 11 is -1.88.